The number of halogens is 1. The minimum absolute atomic E-state index is 0. The van der Waals surface area contributed by atoms with Crippen molar-refractivity contribution < 1.29 is 4.79 Å². The summed E-state index contributed by atoms with van der Waals surface area (Å²) in [5.41, 5.74) is 7.75. The summed E-state index contributed by atoms with van der Waals surface area (Å²) in [6.45, 7) is 2.94. The lowest BCUT2D eigenvalue weighted by Crippen LogP contribution is -2.52. The first-order valence-corrected chi connectivity index (χ1v) is 9.63. The molecule has 1 saturated heterocycles. The minimum Gasteiger partial charge on any atom is -0.337 e. The van der Waals surface area contributed by atoms with E-state index in [0.29, 0.717) is 10.8 Å². The van der Waals surface area contributed by atoms with Crippen LogP contribution in [0.25, 0.3) is 21.8 Å². The molecule has 2 unspecified atom stereocenters. The van der Waals surface area contributed by atoms with Gasteiger partial charge in [-0.1, -0.05) is 24.3 Å². The zero-order valence-corrected chi connectivity index (χ0v) is 16.8. The summed E-state index contributed by atoms with van der Waals surface area (Å²) in [5, 5.41) is 1.29. The second-order valence-electron chi connectivity index (χ2n) is 7.46. The molecule has 2 atom stereocenters. The molecular formula is C22H26ClN3O2. The Kier molecular flexibility index (Phi) is 6.06. The topological polar surface area (TPSA) is 68.3 Å². The average molecular weight is 400 g/mol. The fourth-order valence-electron chi connectivity index (χ4n) is 4.29. The maximum atomic E-state index is 13.2. The second kappa shape index (κ2) is 8.33. The lowest BCUT2D eigenvalue weighted by molar-refractivity contribution is -0.135. The van der Waals surface area contributed by atoms with Gasteiger partial charge in [-0.25, -0.2) is 0 Å². The largest absolute Gasteiger partial charge is 0.337 e. The van der Waals surface area contributed by atoms with Gasteiger partial charge in [-0.2, -0.15) is 0 Å². The van der Waals surface area contributed by atoms with Crippen molar-refractivity contribution in [2.24, 2.45) is 5.73 Å². The number of aromatic nitrogens is 1. The van der Waals surface area contributed by atoms with Crippen LogP contribution in [0.5, 0.6) is 0 Å². The maximum absolute atomic E-state index is 13.2. The number of fused-ring (bicyclic) bond motifs is 2. The molecule has 0 aliphatic carbocycles. The number of benzene rings is 2. The number of piperidine rings is 1. The van der Waals surface area contributed by atoms with Gasteiger partial charge in [-0.3, -0.25) is 9.59 Å². The number of carbonyl (C=O) groups excluding carboxylic acids is 1. The van der Waals surface area contributed by atoms with Crippen LogP contribution in [-0.4, -0.2) is 34.0 Å². The van der Waals surface area contributed by atoms with Crippen LogP contribution >= 0.6 is 12.4 Å². The molecule has 1 aliphatic rings. The van der Waals surface area contributed by atoms with Crippen molar-refractivity contribution in [3.63, 3.8) is 0 Å². The Morgan fingerprint density at radius 2 is 1.64 bits per heavy atom. The van der Waals surface area contributed by atoms with Gasteiger partial charge in [0.15, 0.2) is 5.43 Å². The van der Waals surface area contributed by atoms with Crippen molar-refractivity contribution in [3.05, 3.63) is 58.8 Å². The maximum Gasteiger partial charge on any atom is 0.242 e. The fraction of sp³-hybridized carbons (Fsp3) is 0.364. The summed E-state index contributed by atoms with van der Waals surface area (Å²) in [4.78, 5) is 28.0. The van der Waals surface area contributed by atoms with E-state index < -0.39 is 0 Å². The quantitative estimate of drug-likeness (QED) is 0.687. The molecule has 3 aromatic rings. The number of amides is 1. The lowest BCUT2D eigenvalue weighted by atomic mass is 9.97. The van der Waals surface area contributed by atoms with Crippen LogP contribution in [0.3, 0.4) is 0 Å². The van der Waals surface area contributed by atoms with E-state index in [2.05, 4.69) is 0 Å². The molecule has 2 aromatic carbocycles. The number of nitrogens with zero attached hydrogens (tertiary/aromatic N) is 2. The predicted molar refractivity (Wildman–Crippen MR) is 116 cm³/mol. The van der Waals surface area contributed by atoms with Crippen molar-refractivity contribution in [2.45, 2.75) is 44.8 Å². The first-order valence-electron chi connectivity index (χ1n) is 9.63. The summed E-state index contributed by atoms with van der Waals surface area (Å²) in [7, 11) is 0. The normalized spacial score (nSPS) is 18.1. The third kappa shape index (κ3) is 3.52. The zero-order valence-electron chi connectivity index (χ0n) is 16.0. The number of hydrogen-bond donors (Lipinski definition) is 1. The fourth-order valence-corrected chi connectivity index (χ4v) is 4.29. The van der Waals surface area contributed by atoms with Crippen molar-refractivity contribution >= 4 is 40.1 Å². The van der Waals surface area contributed by atoms with Crippen molar-refractivity contribution in [1.82, 2.24) is 9.47 Å². The van der Waals surface area contributed by atoms with Gasteiger partial charge in [0.05, 0.1) is 11.0 Å². The number of pyridine rings is 1. The molecule has 0 radical (unpaired) electrons. The predicted octanol–water partition coefficient (Wildman–Crippen LogP) is 3.30. The van der Waals surface area contributed by atoms with Crippen molar-refractivity contribution in [2.75, 3.05) is 6.54 Å². The van der Waals surface area contributed by atoms with Crippen LogP contribution in [0, 0.1) is 0 Å². The van der Waals surface area contributed by atoms with Gasteiger partial charge in [-0.15, -0.1) is 12.4 Å². The molecule has 0 spiro atoms. The number of carbonyl (C=O) groups is 1. The molecule has 1 amide bonds. The third-order valence-corrected chi connectivity index (χ3v) is 5.65. The molecule has 1 aromatic heterocycles. The SMILES string of the molecule is CC(N)C1CCCCN1C(=O)Cn1c2ccccc2c(=O)c2ccccc21.Cl. The molecule has 4 rings (SSSR count). The smallest absolute Gasteiger partial charge is 0.242 e. The van der Waals surface area contributed by atoms with E-state index in [0.717, 1.165) is 36.8 Å². The highest BCUT2D eigenvalue weighted by Gasteiger charge is 2.29. The second-order valence-corrected chi connectivity index (χ2v) is 7.46. The highest BCUT2D eigenvalue weighted by Crippen LogP contribution is 2.22. The van der Waals surface area contributed by atoms with E-state index in [1.165, 1.54) is 0 Å². The summed E-state index contributed by atoms with van der Waals surface area (Å²) >= 11 is 0. The minimum atomic E-state index is -0.0447. The molecular weight excluding hydrogens is 374 g/mol. The molecule has 2 heterocycles. The van der Waals surface area contributed by atoms with E-state index in [4.69, 9.17) is 5.73 Å². The van der Waals surface area contributed by atoms with Gasteiger partial charge in [-0.05, 0) is 50.5 Å². The lowest BCUT2D eigenvalue weighted by Gasteiger charge is -2.38. The summed E-state index contributed by atoms with van der Waals surface area (Å²) < 4.78 is 1.97. The van der Waals surface area contributed by atoms with Gasteiger partial charge in [0, 0.05) is 29.4 Å². The monoisotopic (exact) mass is 399 g/mol. The highest BCUT2D eigenvalue weighted by molar-refractivity contribution is 5.94. The molecule has 5 nitrogen and oxygen atoms in total. The first-order chi connectivity index (χ1) is 13.1. The Labute approximate surface area is 170 Å². The molecule has 1 fully saturated rings. The summed E-state index contributed by atoms with van der Waals surface area (Å²) in [6.07, 6.45) is 3.08. The number of rotatable bonds is 3. The number of likely N-dealkylation sites (tertiary alicyclic amines) is 1. The van der Waals surface area contributed by atoms with Gasteiger partial charge in [0.1, 0.15) is 6.54 Å². The molecule has 0 bridgehead atoms. The van der Waals surface area contributed by atoms with E-state index in [1.54, 1.807) is 0 Å². The average Bonchev–Trinajstić information content (AvgIpc) is 2.71. The van der Waals surface area contributed by atoms with Gasteiger partial charge < -0.3 is 15.2 Å². The molecule has 6 heteroatoms. The van der Waals surface area contributed by atoms with Crippen LogP contribution in [0.4, 0.5) is 0 Å². The third-order valence-electron chi connectivity index (χ3n) is 5.65. The van der Waals surface area contributed by atoms with E-state index in [9.17, 15) is 9.59 Å². The van der Waals surface area contributed by atoms with E-state index in [1.807, 2.05) is 64.9 Å². The van der Waals surface area contributed by atoms with Crippen LogP contribution in [0.15, 0.2) is 53.3 Å². The Hall–Kier alpha value is -2.37. The first kappa shape index (κ1) is 20.4. The molecule has 0 saturated carbocycles. The van der Waals surface area contributed by atoms with E-state index >= 15 is 0 Å². The molecule has 2 N–H and O–H groups in total. The number of nitrogens with two attached hydrogens (primary N) is 1. The molecule has 28 heavy (non-hydrogen) atoms. The van der Waals surface area contributed by atoms with Gasteiger partial charge in [0.25, 0.3) is 0 Å². The van der Waals surface area contributed by atoms with Crippen LogP contribution in [0.2, 0.25) is 0 Å². The standard InChI is InChI=1S/C22H25N3O2.ClH/c1-15(23)18-10-6-7-13-24(18)21(26)14-25-19-11-4-2-8-16(19)22(27)17-9-3-5-12-20(17)25;/h2-5,8-9,11-12,15,18H,6-7,10,13-14,23H2,1H3;1H. The Morgan fingerprint density at radius 3 is 2.21 bits per heavy atom. The van der Waals surface area contributed by atoms with Gasteiger partial charge in [0.2, 0.25) is 5.91 Å². The highest BCUT2D eigenvalue weighted by atomic mass is 35.5. The van der Waals surface area contributed by atoms with Crippen LogP contribution < -0.4 is 11.2 Å². The molecule has 1 aliphatic heterocycles. The van der Waals surface area contributed by atoms with Crippen molar-refractivity contribution in [3.8, 4) is 0 Å². The van der Waals surface area contributed by atoms with Crippen LogP contribution in [-0.2, 0) is 11.3 Å². The Morgan fingerprint density at radius 1 is 1.07 bits per heavy atom. The summed E-state index contributed by atoms with van der Waals surface area (Å²) in [5.74, 6) is 0.0657. The molecule has 148 valence electrons. The Bertz CT molecular complexity index is 1000. The summed E-state index contributed by atoms with van der Waals surface area (Å²) in [6, 6.07) is 15.1. The Balaban J connectivity index is 0.00000225. The van der Waals surface area contributed by atoms with E-state index in [-0.39, 0.29) is 42.4 Å². The number of hydrogen-bond acceptors (Lipinski definition) is 3. The van der Waals surface area contributed by atoms with Gasteiger partial charge >= 0.3 is 0 Å². The van der Waals surface area contributed by atoms with Crippen LogP contribution in [0.1, 0.15) is 26.2 Å². The number of para-hydroxylation sites is 2. The zero-order chi connectivity index (χ0) is 19.0. The van der Waals surface area contributed by atoms with Crippen molar-refractivity contribution in [1.29, 1.82) is 0 Å².